The van der Waals surface area contributed by atoms with Gasteiger partial charge in [-0.3, -0.25) is 0 Å². The lowest BCUT2D eigenvalue weighted by molar-refractivity contribution is 0.199. The summed E-state index contributed by atoms with van der Waals surface area (Å²) in [7, 11) is 0. The number of benzene rings is 1. The standard InChI is InChI=1S/C14H22ClNOS/c1-4-16(5-2)8-9-18-14-7-6-12(11(3)17)10-13(14)15/h6-7,10-11,17H,4-5,8-9H2,1-3H3/t11-/m0/s1. The average molecular weight is 288 g/mol. The number of halogens is 1. The number of hydrogen-bond donors (Lipinski definition) is 1. The molecular weight excluding hydrogens is 266 g/mol. The first-order valence-corrected chi connectivity index (χ1v) is 7.77. The third-order valence-corrected chi connectivity index (χ3v) is 4.48. The van der Waals surface area contributed by atoms with Gasteiger partial charge in [-0.05, 0) is 37.7 Å². The lowest BCUT2D eigenvalue weighted by atomic mass is 10.1. The van der Waals surface area contributed by atoms with Gasteiger partial charge in [0, 0.05) is 17.2 Å². The maximum Gasteiger partial charge on any atom is 0.0762 e. The van der Waals surface area contributed by atoms with Gasteiger partial charge < -0.3 is 10.0 Å². The van der Waals surface area contributed by atoms with Crippen LogP contribution in [0.3, 0.4) is 0 Å². The first-order chi connectivity index (χ1) is 8.58. The maximum atomic E-state index is 9.48. The van der Waals surface area contributed by atoms with Crippen molar-refractivity contribution in [3.05, 3.63) is 28.8 Å². The van der Waals surface area contributed by atoms with E-state index in [2.05, 4.69) is 18.7 Å². The molecule has 0 heterocycles. The lowest BCUT2D eigenvalue weighted by Gasteiger charge is -2.17. The monoisotopic (exact) mass is 287 g/mol. The molecule has 0 radical (unpaired) electrons. The fraction of sp³-hybridized carbons (Fsp3) is 0.571. The van der Waals surface area contributed by atoms with Gasteiger partial charge in [0.1, 0.15) is 0 Å². The molecule has 18 heavy (non-hydrogen) atoms. The summed E-state index contributed by atoms with van der Waals surface area (Å²) in [6, 6.07) is 5.79. The Kier molecular flexibility index (Phi) is 7.08. The molecule has 1 aromatic carbocycles. The van der Waals surface area contributed by atoms with Crippen LogP contribution in [0.2, 0.25) is 5.02 Å². The van der Waals surface area contributed by atoms with Gasteiger partial charge >= 0.3 is 0 Å². The van der Waals surface area contributed by atoms with E-state index in [1.54, 1.807) is 18.7 Å². The van der Waals surface area contributed by atoms with Crippen molar-refractivity contribution in [3.8, 4) is 0 Å². The lowest BCUT2D eigenvalue weighted by Crippen LogP contribution is -2.25. The first-order valence-electron chi connectivity index (χ1n) is 6.41. The van der Waals surface area contributed by atoms with Crippen LogP contribution in [-0.2, 0) is 0 Å². The fourth-order valence-electron chi connectivity index (χ4n) is 1.72. The Morgan fingerprint density at radius 3 is 2.50 bits per heavy atom. The molecule has 1 N–H and O–H groups in total. The fourth-order valence-corrected chi connectivity index (χ4v) is 3.00. The molecule has 102 valence electrons. The van der Waals surface area contributed by atoms with Crippen LogP contribution in [-0.4, -0.2) is 35.4 Å². The zero-order valence-electron chi connectivity index (χ0n) is 11.3. The smallest absolute Gasteiger partial charge is 0.0762 e. The first kappa shape index (κ1) is 15.8. The van der Waals surface area contributed by atoms with Crippen molar-refractivity contribution in [2.24, 2.45) is 0 Å². The molecule has 1 aromatic rings. The van der Waals surface area contributed by atoms with Crippen molar-refractivity contribution in [2.75, 3.05) is 25.4 Å². The molecule has 0 aliphatic carbocycles. The van der Waals surface area contributed by atoms with Crippen LogP contribution < -0.4 is 0 Å². The van der Waals surface area contributed by atoms with E-state index in [9.17, 15) is 5.11 Å². The minimum Gasteiger partial charge on any atom is -0.389 e. The topological polar surface area (TPSA) is 23.5 Å². The van der Waals surface area contributed by atoms with Crippen LogP contribution in [0.25, 0.3) is 0 Å². The van der Waals surface area contributed by atoms with E-state index in [0.717, 1.165) is 40.9 Å². The SMILES string of the molecule is CCN(CC)CCSc1ccc([C@H](C)O)cc1Cl. The van der Waals surface area contributed by atoms with E-state index >= 15 is 0 Å². The Morgan fingerprint density at radius 2 is 2.00 bits per heavy atom. The minimum absolute atomic E-state index is 0.461. The van der Waals surface area contributed by atoms with Crippen molar-refractivity contribution in [1.82, 2.24) is 4.90 Å². The average Bonchev–Trinajstić information content (AvgIpc) is 2.36. The molecule has 0 saturated carbocycles. The van der Waals surface area contributed by atoms with Crippen LogP contribution >= 0.6 is 23.4 Å². The number of hydrogen-bond acceptors (Lipinski definition) is 3. The molecule has 0 aliphatic rings. The zero-order valence-corrected chi connectivity index (χ0v) is 12.9. The van der Waals surface area contributed by atoms with Gasteiger partial charge in [0.25, 0.3) is 0 Å². The second kappa shape index (κ2) is 8.05. The van der Waals surface area contributed by atoms with Gasteiger partial charge in [-0.2, -0.15) is 0 Å². The zero-order chi connectivity index (χ0) is 13.5. The molecule has 1 rings (SSSR count). The van der Waals surface area contributed by atoms with Gasteiger partial charge in [-0.15, -0.1) is 11.8 Å². The molecule has 0 amide bonds. The quantitative estimate of drug-likeness (QED) is 0.771. The number of nitrogens with zero attached hydrogens (tertiary/aromatic N) is 1. The number of aliphatic hydroxyl groups excluding tert-OH is 1. The summed E-state index contributed by atoms with van der Waals surface area (Å²) in [5.74, 6) is 1.04. The summed E-state index contributed by atoms with van der Waals surface area (Å²) in [4.78, 5) is 3.48. The summed E-state index contributed by atoms with van der Waals surface area (Å²) < 4.78 is 0. The molecule has 0 fully saturated rings. The van der Waals surface area contributed by atoms with E-state index in [1.165, 1.54) is 0 Å². The largest absolute Gasteiger partial charge is 0.389 e. The number of aliphatic hydroxyl groups is 1. The number of thioether (sulfide) groups is 1. The van der Waals surface area contributed by atoms with Crippen LogP contribution in [0.15, 0.2) is 23.1 Å². The van der Waals surface area contributed by atoms with E-state index in [0.29, 0.717) is 0 Å². The molecule has 0 aliphatic heterocycles. The van der Waals surface area contributed by atoms with Crippen molar-refractivity contribution in [3.63, 3.8) is 0 Å². The van der Waals surface area contributed by atoms with Gasteiger partial charge in [0.2, 0.25) is 0 Å². The van der Waals surface area contributed by atoms with Crippen LogP contribution in [0, 0.1) is 0 Å². The molecule has 0 spiro atoms. The van der Waals surface area contributed by atoms with E-state index in [-0.39, 0.29) is 0 Å². The molecule has 1 atom stereocenters. The van der Waals surface area contributed by atoms with E-state index in [4.69, 9.17) is 11.6 Å². The Labute approximate surface area is 119 Å². The van der Waals surface area contributed by atoms with Crippen molar-refractivity contribution in [2.45, 2.75) is 31.8 Å². The minimum atomic E-state index is -0.461. The normalized spacial score (nSPS) is 13.0. The van der Waals surface area contributed by atoms with Crippen LogP contribution in [0.1, 0.15) is 32.4 Å². The van der Waals surface area contributed by atoms with Crippen LogP contribution in [0.5, 0.6) is 0 Å². The predicted octanol–water partition coefficient (Wildman–Crippen LogP) is 3.83. The second-order valence-electron chi connectivity index (χ2n) is 4.24. The van der Waals surface area contributed by atoms with Crippen molar-refractivity contribution in [1.29, 1.82) is 0 Å². The summed E-state index contributed by atoms with van der Waals surface area (Å²) in [6.07, 6.45) is -0.461. The summed E-state index contributed by atoms with van der Waals surface area (Å²) in [5.41, 5.74) is 0.869. The molecule has 0 unspecified atom stereocenters. The number of rotatable bonds is 7. The van der Waals surface area contributed by atoms with Gasteiger partial charge in [0.05, 0.1) is 11.1 Å². The highest BCUT2D eigenvalue weighted by Crippen LogP contribution is 2.29. The molecular formula is C14H22ClNOS. The van der Waals surface area contributed by atoms with E-state index < -0.39 is 6.10 Å². The van der Waals surface area contributed by atoms with Crippen molar-refractivity contribution >= 4 is 23.4 Å². The third-order valence-electron chi connectivity index (χ3n) is 3.00. The Bertz CT molecular complexity index is 367. The summed E-state index contributed by atoms with van der Waals surface area (Å²) >= 11 is 7.98. The van der Waals surface area contributed by atoms with E-state index in [1.807, 2.05) is 18.2 Å². The maximum absolute atomic E-state index is 9.48. The van der Waals surface area contributed by atoms with Gasteiger partial charge in [-0.25, -0.2) is 0 Å². The Hall–Kier alpha value is -0.220. The van der Waals surface area contributed by atoms with Crippen molar-refractivity contribution < 1.29 is 5.11 Å². The highest BCUT2D eigenvalue weighted by molar-refractivity contribution is 7.99. The third kappa shape index (κ3) is 4.81. The molecule has 0 aromatic heterocycles. The highest BCUT2D eigenvalue weighted by atomic mass is 35.5. The Balaban J connectivity index is 2.53. The summed E-state index contributed by atoms with van der Waals surface area (Å²) in [6.45, 7) is 9.36. The Morgan fingerprint density at radius 1 is 1.33 bits per heavy atom. The van der Waals surface area contributed by atoms with Gasteiger partial charge in [0.15, 0.2) is 0 Å². The molecule has 0 saturated heterocycles. The molecule has 4 heteroatoms. The molecule has 2 nitrogen and oxygen atoms in total. The highest BCUT2D eigenvalue weighted by Gasteiger charge is 2.07. The second-order valence-corrected chi connectivity index (χ2v) is 5.79. The predicted molar refractivity (Wildman–Crippen MR) is 80.6 cm³/mol. The van der Waals surface area contributed by atoms with Crippen LogP contribution in [0.4, 0.5) is 0 Å². The summed E-state index contributed by atoms with van der Waals surface area (Å²) in [5, 5.41) is 10.2. The van der Waals surface area contributed by atoms with Gasteiger partial charge in [-0.1, -0.05) is 31.5 Å². The molecule has 0 bridgehead atoms.